The van der Waals surface area contributed by atoms with Crippen molar-refractivity contribution in [3.8, 4) is 0 Å². The lowest BCUT2D eigenvalue weighted by Gasteiger charge is -2.15. The third kappa shape index (κ3) is 2.80. The van der Waals surface area contributed by atoms with Gasteiger partial charge < -0.3 is 15.9 Å². The fourth-order valence-electron chi connectivity index (χ4n) is 0.977. The molecule has 0 amide bonds. The van der Waals surface area contributed by atoms with E-state index in [1.807, 2.05) is 0 Å². The summed E-state index contributed by atoms with van der Waals surface area (Å²) in [5, 5.41) is 26.2. The minimum atomic E-state index is -1.07. The van der Waals surface area contributed by atoms with E-state index in [0.29, 0.717) is 6.42 Å². The topological polar surface area (TPSA) is 92.3 Å². The van der Waals surface area contributed by atoms with Gasteiger partial charge >= 0.3 is 0 Å². The van der Waals surface area contributed by atoms with E-state index in [1.54, 1.807) is 0 Å². The molecule has 0 aliphatic heterocycles. The zero-order valence-electron chi connectivity index (χ0n) is 7.47. The summed E-state index contributed by atoms with van der Waals surface area (Å²) in [5.41, 5.74) is 5.61. The van der Waals surface area contributed by atoms with E-state index in [0.717, 1.165) is 0 Å². The lowest BCUT2D eigenvalue weighted by molar-refractivity contribution is 0.0139. The maximum absolute atomic E-state index is 9.56. The second-order valence-electron chi connectivity index (χ2n) is 2.87. The molecule has 2 atom stereocenters. The zero-order valence-corrected chi connectivity index (χ0v) is 8.22. The van der Waals surface area contributed by atoms with Crippen molar-refractivity contribution in [2.24, 2.45) is 0 Å². The number of anilines is 1. The summed E-state index contributed by atoms with van der Waals surface area (Å²) < 4.78 is 0. The van der Waals surface area contributed by atoms with Gasteiger partial charge in [-0.1, -0.05) is 0 Å². The highest BCUT2D eigenvalue weighted by Gasteiger charge is 2.19. The first-order chi connectivity index (χ1) is 6.65. The van der Waals surface area contributed by atoms with Crippen molar-refractivity contribution in [1.29, 1.82) is 0 Å². The first-order valence-corrected chi connectivity index (χ1v) is 4.70. The van der Waals surface area contributed by atoms with Gasteiger partial charge in [-0.05, 0) is 18.6 Å². The van der Waals surface area contributed by atoms with Crippen LogP contribution in [0.1, 0.15) is 18.2 Å². The number of aromatic nitrogens is 2. The van der Waals surface area contributed by atoms with Gasteiger partial charge in [0, 0.05) is 5.88 Å². The number of nitrogens with zero attached hydrogens (tertiary/aromatic N) is 2. The van der Waals surface area contributed by atoms with E-state index in [9.17, 15) is 10.2 Å². The molecule has 0 bridgehead atoms. The number of hydrogen-bond acceptors (Lipinski definition) is 5. The van der Waals surface area contributed by atoms with Crippen LogP contribution in [0.5, 0.6) is 0 Å². The Morgan fingerprint density at radius 1 is 1.36 bits per heavy atom. The van der Waals surface area contributed by atoms with Gasteiger partial charge in [0.1, 0.15) is 11.9 Å². The largest absolute Gasteiger partial charge is 0.390 e. The summed E-state index contributed by atoms with van der Waals surface area (Å²) >= 11 is 5.43. The average Bonchev–Trinajstić information content (AvgIpc) is 2.18. The van der Waals surface area contributed by atoms with Gasteiger partial charge in [0.05, 0.1) is 11.8 Å². The van der Waals surface area contributed by atoms with E-state index in [2.05, 4.69) is 10.2 Å². The van der Waals surface area contributed by atoms with Crippen molar-refractivity contribution in [3.05, 3.63) is 17.8 Å². The highest BCUT2D eigenvalue weighted by atomic mass is 35.5. The molecule has 0 aliphatic carbocycles. The molecule has 1 aromatic rings. The lowest BCUT2D eigenvalue weighted by atomic mass is 10.1. The van der Waals surface area contributed by atoms with Crippen molar-refractivity contribution < 1.29 is 10.2 Å². The SMILES string of the molecule is Nc1ccc(C(O)C(O)CCCl)nn1. The first kappa shape index (κ1) is 11.2. The third-order valence-corrected chi connectivity index (χ3v) is 2.00. The molecule has 0 aliphatic rings. The molecule has 6 heteroatoms. The van der Waals surface area contributed by atoms with Crippen LogP contribution >= 0.6 is 11.6 Å². The summed E-state index contributed by atoms with van der Waals surface area (Å²) in [4.78, 5) is 0. The van der Waals surface area contributed by atoms with Crippen LogP contribution in [0.15, 0.2) is 12.1 Å². The van der Waals surface area contributed by atoms with Crippen LogP contribution in [0.25, 0.3) is 0 Å². The molecular weight excluding hydrogens is 206 g/mol. The van der Waals surface area contributed by atoms with E-state index in [1.165, 1.54) is 12.1 Å². The van der Waals surface area contributed by atoms with E-state index >= 15 is 0 Å². The fourth-order valence-corrected chi connectivity index (χ4v) is 1.20. The average molecular weight is 218 g/mol. The minimum absolute atomic E-state index is 0.271. The molecule has 1 heterocycles. The molecule has 0 spiro atoms. The Labute approximate surface area is 86.5 Å². The molecule has 0 aromatic carbocycles. The van der Waals surface area contributed by atoms with Gasteiger partial charge in [-0.3, -0.25) is 0 Å². The Hall–Kier alpha value is -0.910. The molecule has 0 fully saturated rings. The minimum Gasteiger partial charge on any atom is -0.390 e. The Morgan fingerprint density at radius 3 is 2.57 bits per heavy atom. The number of aliphatic hydroxyl groups is 2. The molecule has 0 radical (unpaired) electrons. The van der Waals surface area contributed by atoms with Gasteiger partial charge in [-0.2, -0.15) is 5.10 Å². The monoisotopic (exact) mass is 217 g/mol. The van der Waals surface area contributed by atoms with Crippen molar-refractivity contribution in [1.82, 2.24) is 10.2 Å². The first-order valence-electron chi connectivity index (χ1n) is 4.16. The van der Waals surface area contributed by atoms with Gasteiger partial charge in [0.2, 0.25) is 0 Å². The number of nitrogens with two attached hydrogens (primary N) is 1. The van der Waals surface area contributed by atoms with Gasteiger partial charge in [-0.25, -0.2) is 0 Å². The van der Waals surface area contributed by atoms with E-state index in [4.69, 9.17) is 17.3 Å². The Morgan fingerprint density at radius 2 is 2.07 bits per heavy atom. The standard InChI is InChI=1S/C8H12ClN3O2/c9-4-3-6(13)8(14)5-1-2-7(10)12-11-5/h1-2,6,8,13-14H,3-4H2,(H2,10,12). The van der Waals surface area contributed by atoms with Crippen LogP contribution in [0.2, 0.25) is 0 Å². The number of hydrogen-bond donors (Lipinski definition) is 3. The second-order valence-corrected chi connectivity index (χ2v) is 3.25. The Kier molecular flexibility index (Phi) is 4.06. The smallest absolute Gasteiger partial charge is 0.146 e. The molecule has 0 saturated carbocycles. The lowest BCUT2D eigenvalue weighted by Crippen LogP contribution is -2.20. The van der Waals surface area contributed by atoms with E-state index in [-0.39, 0.29) is 17.4 Å². The van der Waals surface area contributed by atoms with Gasteiger partial charge in [0.25, 0.3) is 0 Å². The number of halogens is 1. The molecule has 14 heavy (non-hydrogen) atoms. The number of alkyl halides is 1. The predicted octanol–water partition coefficient (Wildman–Crippen LogP) is 0.0820. The fraction of sp³-hybridized carbons (Fsp3) is 0.500. The normalized spacial score (nSPS) is 15.1. The molecule has 1 rings (SSSR count). The molecule has 0 saturated heterocycles. The van der Waals surface area contributed by atoms with Crippen LogP contribution in [-0.4, -0.2) is 32.4 Å². The molecule has 5 nitrogen and oxygen atoms in total. The number of rotatable bonds is 4. The summed E-state index contributed by atoms with van der Waals surface area (Å²) in [6.45, 7) is 0. The van der Waals surface area contributed by atoms with Crippen LogP contribution in [0.3, 0.4) is 0 Å². The maximum atomic E-state index is 9.56. The van der Waals surface area contributed by atoms with E-state index < -0.39 is 12.2 Å². The highest BCUT2D eigenvalue weighted by molar-refractivity contribution is 6.17. The highest BCUT2D eigenvalue weighted by Crippen LogP contribution is 2.16. The predicted molar refractivity (Wildman–Crippen MR) is 52.7 cm³/mol. The zero-order chi connectivity index (χ0) is 10.6. The third-order valence-electron chi connectivity index (χ3n) is 1.78. The quantitative estimate of drug-likeness (QED) is 0.622. The molecule has 1 aromatic heterocycles. The van der Waals surface area contributed by atoms with Crippen molar-refractivity contribution in [2.75, 3.05) is 11.6 Å². The Bertz CT molecular complexity index is 280. The van der Waals surface area contributed by atoms with Crippen molar-refractivity contribution >= 4 is 17.4 Å². The maximum Gasteiger partial charge on any atom is 0.146 e. The number of nitrogen functional groups attached to an aromatic ring is 1. The van der Waals surface area contributed by atoms with Gasteiger partial charge in [0.15, 0.2) is 0 Å². The molecule has 2 unspecified atom stereocenters. The molecule has 78 valence electrons. The summed E-state index contributed by atoms with van der Waals surface area (Å²) in [7, 11) is 0. The summed E-state index contributed by atoms with van der Waals surface area (Å²) in [5.74, 6) is 0.549. The van der Waals surface area contributed by atoms with Crippen LogP contribution in [0, 0.1) is 0 Å². The number of aliphatic hydroxyl groups excluding tert-OH is 2. The Balaban J connectivity index is 2.68. The molecule has 4 N–H and O–H groups in total. The second kappa shape index (κ2) is 5.09. The van der Waals surface area contributed by atoms with Crippen LogP contribution in [0.4, 0.5) is 5.82 Å². The van der Waals surface area contributed by atoms with Crippen molar-refractivity contribution in [2.45, 2.75) is 18.6 Å². The van der Waals surface area contributed by atoms with Crippen LogP contribution in [-0.2, 0) is 0 Å². The summed E-state index contributed by atoms with van der Waals surface area (Å²) in [6, 6.07) is 3.03. The van der Waals surface area contributed by atoms with Gasteiger partial charge in [-0.15, -0.1) is 16.7 Å². The van der Waals surface area contributed by atoms with Crippen molar-refractivity contribution in [3.63, 3.8) is 0 Å². The van der Waals surface area contributed by atoms with Crippen LogP contribution < -0.4 is 5.73 Å². The molecular formula is C8H12ClN3O2. The summed E-state index contributed by atoms with van der Waals surface area (Å²) in [6.07, 6.45) is -1.69.